The van der Waals surface area contributed by atoms with Crippen molar-refractivity contribution in [3.05, 3.63) is 24.3 Å². The largest absolute Gasteiger partial charge is 0.494 e. The Morgan fingerprint density at radius 1 is 1.35 bits per heavy atom. The first-order valence-corrected chi connectivity index (χ1v) is 10.1. The summed E-state index contributed by atoms with van der Waals surface area (Å²) in [5, 5.41) is 0.497. The van der Waals surface area contributed by atoms with E-state index < -0.39 is 9.84 Å². The van der Waals surface area contributed by atoms with Crippen LogP contribution in [0.5, 0.6) is 5.75 Å². The lowest BCUT2D eigenvalue weighted by atomic mass is 10.2. The molecule has 1 aromatic rings. The molecule has 0 saturated carbocycles. The zero-order valence-corrected chi connectivity index (χ0v) is 14.6. The maximum Gasteiger partial charge on any atom is 0.244 e. The average molecular weight is 354 g/mol. The molecule has 2 aliphatic heterocycles. The molecule has 2 heterocycles. The average Bonchev–Trinajstić information content (AvgIpc) is 2.90. The zero-order valence-electron chi connectivity index (χ0n) is 12.9. The Balaban J connectivity index is 1.95. The third-order valence-corrected chi connectivity index (χ3v) is 6.96. The molecular formula is C15H18N2O4S2. The van der Waals surface area contributed by atoms with Gasteiger partial charge in [-0.2, -0.15) is 4.99 Å². The Hall–Kier alpha value is -1.54. The molecule has 6 nitrogen and oxygen atoms in total. The van der Waals surface area contributed by atoms with E-state index in [9.17, 15) is 13.2 Å². The lowest BCUT2D eigenvalue weighted by Gasteiger charge is -2.24. The number of fused-ring (bicyclic) bond motifs is 1. The number of ether oxygens (including phenoxy) is 1. The first kappa shape index (κ1) is 16.3. The second kappa shape index (κ2) is 6.16. The fourth-order valence-electron chi connectivity index (χ4n) is 2.87. The minimum atomic E-state index is -3.04. The summed E-state index contributed by atoms with van der Waals surface area (Å²) in [6, 6.07) is 7.24. The predicted molar refractivity (Wildman–Crippen MR) is 92.0 cm³/mol. The van der Waals surface area contributed by atoms with Gasteiger partial charge in [-0.3, -0.25) is 4.79 Å². The third-order valence-electron chi connectivity index (χ3n) is 3.75. The number of anilines is 1. The highest BCUT2D eigenvalue weighted by molar-refractivity contribution is 8.16. The van der Waals surface area contributed by atoms with Gasteiger partial charge in [0.05, 0.1) is 24.2 Å². The van der Waals surface area contributed by atoms with Gasteiger partial charge >= 0.3 is 0 Å². The molecule has 2 saturated heterocycles. The molecule has 2 atom stereocenters. The van der Waals surface area contributed by atoms with Crippen LogP contribution >= 0.6 is 11.8 Å². The molecule has 0 N–H and O–H groups in total. The van der Waals surface area contributed by atoms with Crippen LogP contribution < -0.4 is 9.64 Å². The van der Waals surface area contributed by atoms with Crippen LogP contribution in [0.3, 0.4) is 0 Å². The maximum atomic E-state index is 11.9. The lowest BCUT2D eigenvalue weighted by Crippen LogP contribution is -2.37. The lowest BCUT2D eigenvalue weighted by molar-refractivity contribution is -0.115. The highest BCUT2D eigenvalue weighted by Gasteiger charge is 2.49. The number of hydrogen-bond donors (Lipinski definition) is 0. The van der Waals surface area contributed by atoms with Crippen molar-refractivity contribution >= 4 is 38.4 Å². The van der Waals surface area contributed by atoms with Crippen LogP contribution in [0.1, 0.15) is 13.8 Å². The monoisotopic (exact) mass is 354 g/mol. The van der Waals surface area contributed by atoms with Crippen molar-refractivity contribution in [2.24, 2.45) is 4.99 Å². The van der Waals surface area contributed by atoms with Gasteiger partial charge in [-0.05, 0) is 31.2 Å². The molecule has 0 bridgehead atoms. The molecular weight excluding hydrogens is 336 g/mol. The van der Waals surface area contributed by atoms with Crippen molar-refractivity contribution in [1.82, 2.24) is 0 Å². The number of amidine groups is 1. The molecule has 0 radical (unpaired) electrons. The molecule has 1 amide bonds. The Morgan fingerprint density at radius 3 is 2.65 bits per heavy atom. The second-order valence-corrected chi connectivity index (χ2v) is 8.87. The zero-order chi connectivity index (χ0) is 16.6. The SMILES string of the molecule is CCOc1ccc(N2C(=NC(C)=O)SC3CS(=O)(=O)CC32)cc1. The van der Waals surface area contributed by atoms with E-state index in [-0.39, 0.29) is 28.7 Å². The van der Waals surface area contributed by atoms with Crippen LogP contribution in [-0.4, -0.2) is 48.9 Å². The quantitative estimate of drug-likeness (QED) is 0.822. The van der Waals surface area contributed by atoms with Crippen molar-refractivity contribution < 1.29 is 17.9 Å². The Morgan fingerprint density at radius 2 is 2.04 bits per heavy atom. The summed E-state index contributed by atoms with van der Waals surface area (Å²) in [5.41, 5.74) is 0.825. The first-order chi connectivity index (χ1) is 10.9. The minimum absolute atomic E-state index is 0.0790. The number of benzene rings is 1. The molecule has 23 heavy (non-hydrogen) atoms. The summed E-state index contributed by atoms with van der Waals surface area (Å²) in [6.07, 6.45) is 0. The summed E-state index contributed by atoms with van der Waals surface area (Å²) in [7, 11) is -3.04. The van der Waals surface area contributed by atoms with Crippen LogP contribution in [0.2, 0.25) is 0 Å². The fraction of sp³-hybridized carbons (Fsp3) is 0.467. The maximum absolute atomic E-state index is 11.9. The molecule has 1 aromatic carbocycles. The van der Waals surface area contributed by atoms with Gasteiger partial charge in [0.1, 0.15) is 5.75 Å². The Labute approximate surface area is 139 Å². The van der Waals surface area contributed by atoms with Crippen LogP contribution in [-0.2, 0) is 14.6 Å². The van der Waals surface area contributed by atoms with Gasteiger partial charge < -0.3 is 9.64 Å². The molecule has 0 spiro atoms. The summed E-state index contributed by atoms with van der Waals surface area (Å²) < 4.78 is 29.3. The molecule has 0 aliphatic carbocycles. The molecule has 2 fully saturated rings. The highest BCUT2D eigenvalue weighted by Crippen LogP contribution is 2.41. The molecule has 3 rings (SSSR count). The van der Waals surface area contributed by atoms with Gasteiger partial charge in [-0.25, -0.2) is 8.42 Å². The fourth-order valence-corrected chi connectivity index (χ4v) is 6.83. The van der Waals surface area contributed by atoms with Gasteiger partial charge in [0, 0.05) is 17.9 Å². The molecule has 0 aromatic heterocycles. The van der Waals surface area contributed by atoms with Gasteiger partial charge in [0.2, 0.25) is 5.91 Å². The number of aliphatic imine (C=N–C) groups is 1. The number of nitrogens with zero attached hydrogens (tertiary/aromatic N) is 2. The summed E-state index contributed by atoms with van der Waals surface area (Å²) in [4.78, 5) is 17.3. The van der Waals surface area contributed by atoms with Crippen LogP contribution in [0, 0.1) is 0 Å². The van der Waals surface area contributed by atoms with E-state index in [0.717, 1.165) is 11.4 Å². The normalized spacial score (nSPS) is 27.2. The van der Waals surface area contributed by atoms with Crippen molar-refractivity contribution in [3.8, 4) is 5.75 Å². The summed E-state index contributed by atoms with van der Waals surface area (Å²) in [5.74, 6) is 0.691. The number of carbonyl (C=O) groups excluding carboxylic acids is 1. The number of thioether (sulfide) groups is 1. The van der Waals surface area contributed by atoms with E-state index >= 15 is 0 Å². The number of amides is 1. The Bertz CT molecular complexity index is 743. The second-order valence-electron chi connectivity index (χ2n) is 5.51. The van der Waals surface area contributed by atoms with Crippen LogP contribution in [0.25, 0.3) is 0 Å². The van der Waals surface area contributed by atoms with Gasteiger partial charge in [0.15, 0.2) is 15.0 Å². The standard InChI is InChI=1S/C15H18N2O4S2/c1-3-21-12-6-4-11(5-7-12)17-13-8-23(19,20)9-14(13)22-15(17)16-10(2)18/h4-7,13-14H,3,8-9H2,1-2H3. The number of rotatable bonds is 3. The smallest absolute Gasteiger partial charge is 0.244 e. The molecule has 8 heteroatoms. The van der Waals surface area contributed by atoms with E-state index in [1.54, 1.807) is 0 Å². The topological polar surface area (TPSA) is 76.0 Å². The number of sulfone groups is 1. The van der Waals surface area contributed by atoms with Gasteiger partial charge in [-0.1, -0.05) is 11.8 Å². The van der Waals surface area contributed by atoms with Crippen molar-refractivity contribution in [2.75, 3.05) is 23.0 Å². The van der Waals surface area contributed by atoms with Crippen molar-refractivity contribution in [1.29, 1.82) is 0 Å². The highest BCUT2D eigenvalue weighted by atomic mass is 32.2. The van der Waals surface area contributed by atoms with E-state index in [0.29, 0.717) is 11.8 Å². The van der Waals surface area contributed by atoms with Gasteiger partial charge in [-0.15, -0.1) is 0 Å². The first-order valence-electron chi connectivity index (χ1n) is 7.38. The van der Waals surface area contributed by atoms with E-state index in [1.807, 2.05) is 36.1 Å². The van der Waals surface area contributed by atoms with E-state index in [4.69, 9.17) is 4.74 Å². The van der Waals surface area contributed by atoms with Gasteiger partial charge in [0.25, 0.3) is 0 Å². The predicted octanol–water partition coefficient (Wildman–Crippen LogP) is 1.71. The van der Waals surface area contributed by atoms with Crippen LogP contribution in [0.4, 0.5) is 5.69 Å². The number of carbonyl (C=O) groups is 1. The van der Waals surface area contributed by atoms with Crippen LogP contribution in [0.15, 0.2) is 29.3 Å². The Kier molecular flexibility index (Phi) is 4.37. The minimum Gasteiger partial charge on any atom is -0.494 e. The van der Waals surface area contributed by atoms with Crippen molar-refractivity contribution in [3.63, 3.8) is 0 Å². The molecule has 2 aliphatic rings. The summed E-state index contributed by atoms with van der Waals surface area (Å²) in [6.45, 7) is 3.89. The van der Waals surface area contributed by atoms with E-state index in [1.165, 1.54) is 18.7 Å². The third kappa shape index (κ3) is 3.37. The van der Waals surface area contributed by atoms with E-state index in [2.05, 4.69) is 4.99 Å². The molecule has 124 valence electrons. The summed E-state index contributed by atoms with van der Waals surface area (Å²) >= 11 is 1.37. The number of hydrogen-bond acceptors (Lipinski definition) is 5. The van der Waals surface area contributed by atoms with Crippen molar-refractivity contribution in [2.45, 2.75) is 25.1 Å². The molecule has 2 unspecified atom stereocenters.